The Bertz CT molecular complexity index is 2190. The molecule has 2 aliphatic rings. The van der Waals surface area contributed by atoms with Crippen molar-refractivity contribution in [2.75, 3.05) is 38.4 Å². The first-order chi connectivity index (χ1) is 24.3. The Morgan fingerprint density at radius 2 is 1.80 bits per heavy atom. The lowest BCUT2D eigenvalue weighted by Gasteiger charge is -2.35. The summed E-state index contributed by atoms with van der Waals surface area (Å²) in [4.78, 5) is 60.8. The van der Waals surface area contributed by atoms with Crippen LogP contribution in [0, 0.1) is 0 Å². The fraction of sp³-hybridized carbons (Fsp3) is 0.324. The molecule has 1 spiro atoms. The monoisotopic (exact) mass is 706 g/mol. The zero-order valence-electron chi connectivity index (χ0n) is 29.2. The lowest BCUT2D eigenvalue weighted by atomic mass is 9.84. The van der Waals surface area contributed by atoms with Crippen LogP contribution in [-0.4, -0.2) is 81.0 Å². The number of rotatable bonds is 8. The van der Waals surface area contributed by atoms with Crippen molar-refractivity contribution >= 4 is 57.0 Å². The van der Waals surface area contributed by atoms with Crippen molar-refractivity contribution < 1.29 is 23.9 Å². The molecule has 14 heteroatoms. The number of thiazole rings is 1. The Morgan fingerprint density at radius 1 is 1.02 bits per heavy atom. The molecule has 1 fully saturated rings. The second-order valence-corrected chi connectivity index (χ2v) is 14.8. The Balaban J connectivity index is 1.17. The minimum Gasteiger partial charge on any atom is -0.494 e. The summed E-state index contributed by atoms with van der Waals surface area (Å²) in [5.41, 5.74) is 6.49. The quantitative estimate of drug-likeness (QED) is 0.180. The first-order valence-corrected chi connectivity index (χ1v) is 17.4. The average Bonchev–Trinajstić information content (AvgIpc) is 3.70. The van der Waals surface area contributed by atoms with Crippen LogP contribution in [-0.2, 0) is 16.7 Å². The van der Waals surface area contributed by atoms with Gasteiger partial charge in [0.2, 0.25) is 5.95 Å². The maximum Gasteiger partial charge on any atom is 0.414 e. The zero-order valence-corrected chi connectivity index (χ0v) is 30.1. The predicted octanol–water partition coefficient (Wildman–Crippen LogP) is 6.64. The number of nitrogens with zero attached hydrogens (tertiary/aromatic N) is 6. The number of carbonyl (C=O) groups is 3. The number of pyridine rings is 1. The van der Waals surface area contributed by atoms with E-state index < -0.39 is 11.7 Å². The number of nitrogens with one attached hydrogen (secondary N) is 2. The summed E-state index contributed by atoms with van der Waals surface area (Å²) >= 11 is 1.32. The van der Waals surface area contributed by atoms with Crippen LogP contribution in [0.15, 0.2) is 60.1 Å². The topological polar surface area (TPSA) is 152 Å². The number of carbonyl (C=O) groups excluding carboxylic acids is 3. The van der Waals surface area contributed by atoms with Gasteiger partial charge in [0.15, 0.2) is 10.6 Å². The van der Waals surface area contributed by atoms with E-state index >= 15 is 0 Å². The normalized spacial score (nSPS) is 14.6. The number of fused-ring (bicyclic) bond motifs is 3. The molecular formula is C37H38N8O5S. The minimum atomic E-state index is -0.686. The van der Waals surface area contributed by atoms with Gasteiger partial charge >= 0.3 is 6.09 Å². The van der Waals surface area contributed by atoms with Gasteiger partial charge in [0, 0.05) is 37.2 Å². The van der Waals surface area contributed by atoms with Crippen LogP contribution in [0.2, 0.25) is 0 Å². The van der Waals surface area contributed by atoms with Crippen LogP contribution < -0.4 is 15.4 Å². The van der Waals surface area contributed by atoms with Crippen molar-refractivity contribution in [2.45, 2.75) is 51.2 Å². The molecule has 0 atom stereocenters. The van der Waals surface area contributed by atoms with Gasteiger partial charge in [0.05, 0.1) is 30.5 Å². The molecule has 13 nitrogen and oxygen atoms in total. The van der Waals surface area contributed by atoms with Crippen molar-refractivity contribution in [3.63, 3.8) is 0 Å². The predicted molar refractivity (Wildman–Crippen MR) is 195 cm³/mol. The smallest absolute Gasteiger partial charge is 0.414 e. The molecule has 0 unspecified atom stereocenters. The molecule has 0 saturated heterocycles. The first-order valence-electron chi connectivity index (χ1n) is 16.5. The number of amides is 3. The third-order valence-electron chi connectivity index (χ3n) is 8.83. The van der Waals surface area contributed by atoms with Crippen LogP contribution in [0.5, 0.6) is 5.75 Å². The summed E-state index contributed by atoms with van der Waals surface area (Å²) in [5, 5.41) is 5.97. The molecule has 0 bridgehead atoms. The molecule has 262 valence electrons. The molecule has 0 radical (unpaired) electrons. The van der Waals surface area contributed by atoms with E-state index in [1.165, 1.54) is 16.2 Å². The number of anilines is 3. The summed E-state index contributed by atoms with van der Waals surface area (Å²) < 4.78 is 11.4. The van der Waals surface area contributed by atoms with E-state index in [4.69, 9.17) is 9.47 Å². The molecule has 5 aromatic rings. The molecule has 7 rings (SSSR count). The second kappa shape index (κ2) is 12.9. The molecule has 2 N–H and O–H groups in total. The number of hydrogen-bond acceptors (Lipinski definition) is 11. The summed E-state index contributed by atoms with van der Waals surface area (Å²) in [6.07, 6.45) is 1.27. The van der Waals surface area contributed by atoms with Gasteiger partial charge in [-0.3, -0.25) is 14.9 Å². The van der Waals surface area contributed by atoms with Crippen LogP contribution in [0.25, 0.3) is 21.5 Å². The number of benzene rings is 2. The molecular weight excluding hydrogens is 669 g/mol. The highest BCUT2D eigenvalue weighted by Gasteiger charge is 2.51. The Kier molecular flexibility index (Phi) is 8.58. The van der Waals surface area contributed by atoms with E-state index in [9.17, 15) is 14.4 Å². The van der Waals surface area contributed by atoms with Crippen molar-refractivity contribution in [3.8, 4) is 16.9 Å². The largest absolute Gasteiger partial charge is 0.494 e. The molecule has 1 aliphatic carbocycles. The number of methoxy groups -OCH3 is 1. The highest BCUT2D eigenvalue weighted by atomic mass is 32.1. The van der Waals surface area contributed by atoms with E-state index in [0.717, 1.165) is 29.5 Å². The highest BCUT2D eigenvalue weighted by Crippen LogP contribution is 2.53. The Labute approximate surface area is 299 Å². The van der Waals surface area contributed by atoms with E-state index in [0.29, 0.717) is 57.6 Å². The molecule has 1 saturated carbocycles. The van der Waals surface area contributed by atoms with Gasteiger partial charge in [0.1, 0.15) is 22.6 Å². The van der Waals surface area contributed by atoms with Crippen molar-refractivity contribution in [1.82, 2.24) is 29.7 Å². The summed E-state index contributed by atoms with van der Waals surface area (Å²) in [6.45, 7) is 6.24. The van der Waals surface area contributed by atoms with Gasteiger partial charge in [-0.05, 0) is 75.1 Å². The number of ether oxygens (including phenoxy) is 2. The van der Waals surface area contributed by atoms with Crippen molar-refractivity contribution in [3.05, 3.63) is 82.6 Å². The Hall–Kier alpha value is -5.63. The second-order valence-electron chi connectivity index (χ2n) is 14.0. The van der Waals surface area contributed by atoms with Gasteiger partial charge in [-0.2, -0.15) is 9.97 Å². The highest BCUT2D eigenvalue weighted by molar-refractivity contribution is 7.16. The summed E-state index contributed by atoms with van der Waals surface area (Å²) in [7, 11) is 4.99. The van der Waals surface area contributed by atoms with E-state index in [2.05, 4.69) is 36.6 Å². The average molecular weight is 707 g/mol. The van der Waals surface area contributed by atoms with Gasteiger partial charge in [-0.25, -0.2) is 14.8 Å². The Morgan fingerprint density at radius 3 is 2.53 bits per heavy atom. The summed E-state index contributed by atoms with van der Waals surface area (Å²) in [5.74, 6) is 0.804. The van der Waals surface area contributed by atoms with Gasteiger partial charge < -0.3 is 24.6 Å². The summed E-state index contributed by atoms with van der Waals surface area (Å²) in [6, 6.07) is 17.1. The lowest BCUT2D eigenvalue weighted by molar-refractivity contribution is 0.0633. The van der Waals surface area contributed by atoms with Crippen molar-refractivity contribution in [1.29, 1.82) is 0 Å². The van der Waals surface area contributed by atoms with E-state index in [-0.39, 0.29) is 23.2 Å². The molecule has 3 amide bonds. The first kappa shape index (κ1) is 33.8. The molecule has 2 aromatic carbocycles. The maximum absolute atomic E-state index is 13.9. The standard InChI is InChI=1S/C37H38N8O5S/c1-36(2,3)50-35(48)43-34-41-30(28-31(42-34)51-20-38-28)40-26-11-8-10-23(29(26)49-6)21-13-14-24-25(17-21)37(15-16-37)19-45(32(24)46)18-22-9-7-12-27(39-22)33(47)44(4)5/h7-14,17,20H,15-16,18-19H2,1-6H3,(H2,40,41,42,43,48). The SMILES string of the molecule is COc1c(Nc2nc(NC(=O)OC(C)(C)C)nc3scnc23)cccc1-c1ccc2c(c1)C1(CC1)CN(Cc1cccc(C(=O)N(C)C)n1)C2=O. The van der Waals surface area contributed by atoms with E-state index in [1.807, 2.05) is 41.3 Å². The lowest BCUT2D eigenvalue weighted by Crippen LogP contribution is -2.43. The van der Waals surface area contributed by atoms with E-state index in [1.54, 1.807) is 59.6 Å². The fourth-order valence-electron chi connectivity index (χ4n) is 6.36. The molecule has 4 heterocycles. The van der Waals surface area contributed by atoms with Crippen LogP contribution in [0.1, 0.15) is 65.7 Å². The van der Waals surface area contributed by atoms with Gasteiger partial charge in [-0.15, -0.1) is 11.3 Å². The third-order valence-corrected chi connectivity index (χ3v) is 9.55. The maximum atomic E-state index is 13.9. The zero-order chi connectivity index (χ0) is 36.1. The molecule has 1 aliphatic heterocycles. The van der Waals surface area contributed by atoms with Gasteiger partial charge in [0.25, 0.3) is 11.8 Å². The number of hydrogen-bond donors (Lipinski definition) is 2. The fourth-order valence-corrected chi connectivity index (χ4v) is 7.02. The third kappa shape index (κ3) is 6.78. The van der Waals surface area contributed by atoms with Crippen LogP contribution in [0.4, 0.5) is 22.2 Å². The van der Waals surface area contributed by atoms with Crippen molar-refractivity contribution in [2.24, 2.45) is 0 Å². The minimum absolute atomic E-state index is 0.0607. The van der Waals surface area contributed by atoms with Crippen LogP contribution >= 0.6 is 11.3 Å². The number of para-hydroxylation sites is 1. The molecule has 3 aromatic heterocycles. The van der Waals surface area contributed by atoms with Crippen LogP contribution in [0.3, 0.4) is 0 Å². The van der Waals surface area contributed by atoms with Gasteiger partial charge in [-0.1, -0.05) is 24.3 Å². The molecule has 51 heavy (non-hydrogen) atoms. The number of aromatic nitrogens is 4.